The number of carbonyl (C=O) groups excluding carboxylic acids is 2. The highest BCUT2D eigenvalue weighted by molar-refractivity contribution is 6.20. The summed E-state index contributed by atoms with van der Waals surface area (Å²) in [5, 5.41) is 0. The first-order valence-electron chi connectivity index (χ1n) is 10.5. The maximum atomic E-state index is 12.3. The zero-order chi connectivity index (χ0) is 24.8. The number of rotatable bonds is 6. The average molecular weight is 455 g/mol. The van der Waals surface area contributed by atoms with Crippen LogP contribution >= 0.6 is 0 Å². The molecule has 0 atom stereocenters. The van der Waals surface area contributed by atoms with Crippen molar-refractivity contribution in [3.8, 4) is 11.5 Å². The first-order valence-corrected chi connectivity index (χ1v) is 10.5. The molecule has 0 N–H and O–H groups in total. The fourth-order valence-corrected chi connectivity index (χ4v) is 2.54. The largest absolute Gasteiger partial charge is 0.658 e. The third kappa shape index (κ3) is 8.59. The van der Waals surface area contributed by atoms with Crippen molar-refractivity contribution < 1.29 is 28.4 Å². The van der Waals surface area contributed by atoms with Gasteiger partial charge in [0.05, 0.1) is 11.4 Å². The molecule has 2 amide bonds. The van der Waals surface area contributed by atoms with Crippen LogP contribution in [-0.4, -0.2) is 45.2 Å². The van der Waals surface area contributed by atoms with Crippen LogP contribution in [0.4, 0.5) is 21.0 Å². The van der Waals surface area contributed by atoms with Gasteiger partial charge in [-0.1, -0.05) is 12.1 Å². The molecule has 8 nitrogen and oxygen atoms in total. The van der Waals surface area contributed by atoms with E-state index in [2.05, 4.69) is 0 Å². The van der Waals surface area contributed by atoms with Crippen LogP contribution in [0.2, 0.25) is 0 Å². The predicted molar refractivity (Wildman–Crippen MR) is 129 cm³/mol. The van der Waals surface area contributed by atoms with E-state index in [1.165, 1.54) is 17.5 Å². The molecule has 2 aromatic rings. The van der Waals surface area contributed by atoms with Crippen LogP contribution in [0.1, 0.15) is 41.5 Å². The highest BCUT2D eigenvalue weighted by Gasteiger charge is 2.22. The van der Waals surface area contributed by atoms with Crippen LogP contribution in [0.5, 0.6) is 11.5 Å². The second-order valence-corrected chi connectivity index (χ2v) is 9.41. The maximum Gasteiger partial charge on any atom is 0.658 e. The number of hydrogen-bond acceptors (Lipinski definition) is 6. The molecule has 0 aliphatic carbocycles. The quantitative estimate of drug-likeness (QED) is 0.542. The van der Waals surface area contributed by atoms with E-state index in [-0.39, 0.29) is 0 Å². The van der Waals surface area contributed by atoms with Crippen molar-refractivity contribution in [1.29, 1.82) is 0 Å². The molecule has 0 saturated carbocycles. The van der Waals surface area contributed by atoms with Gasteiger partial charge in [-0.2, -0.15) is 0 Å². The second kappa shape index (κ2) is 10.5. The summed E-state index contributed by atoms with van der Waals surface area (Å²) in [4.78, 5) is 27.3. The monoisotopic (exact) mass is 455 g/mol. The first-order chi connectivity index (χ1) is 15.2. The lowest BCUT2D eigenvalue weighted by Crippen LogP contribution is -2.34. The molecule has 9 heteroatoms. The van der Waals surface area contributed by atoms with Crippen LogP contribution in [0.25, 0.3) is 0 Å². The third-order valence-electron chi connectivity index (χ3n) is 4.11. The molecular weight excluding hydrogens is 423 g/mol. The fourth-order valence-electron chi connectivity index (χ4n) is 2.54. The van der Waals surface area contributed by atoms with Crippen molar-refractivity contribution in [1.82, 2.24) is 0 Å². The van der Waals surface area contributed by atoms with E-state index in [4.69, 9.17) is 18.8 Å². The van der Waals surface area contributed by atoms with Gasteiger partial charge in [0.15, 0.2) is 0 Å². The molecule has 177 valence electrons. The topological polar surface area (TPSA) is 77.5 Å². The first kappa shape index (κ1) is 25.9. The maximum absolute atomic E-state index is 12.3. The molecule has 33 heavy (non-hydrogen) atoms. The number of amides is 2. The summed E-state index contributed by atoms with van der Waals surface area (Å²) in [5.41, 5.74) is 0.0348. The molecule has 0 spiro atoms. The lowest BCUT2D eigenvalue weighted by atomic mass is 10.2. The van der Waals surface area contributed by atoms with Crippen molar-refractivity contribution in [3.63, 3.8) is 0 Å². The fraction of sp³-hybridized carbons (Fsp3) is 0.417. The minimum absolute atomic E-state index is 0.467. The van der Waals surface area contributed by atoms with Crippen molar-refractivity contribution in [2.75, 3.05) is 23.9 Å². The molecule has 1 radical (unpaired) electrons. The predicted octanol–water partition coefficient (Wildman–Crippen LogP) is 5.42. The van der Waals surface area contributed by atoms with Gasteiger partial charge in [-0.25, -0.2) is 9.59 Å². The number of carbonyl (C=O) groups is 2. The van der Waals surface area contributed by atoms with Crippen LogP contribution in [0.3, 0.4) is 0 Å². The molecule has 0 aliphatic heterocycles. The van der Waals surface area contributed by atoms with Gasteiger partial charge in [0.1, 0.15) is 22.7 Å². The zero-order valence-corrected chi connectivity index (χ0v) is 20.5. The van der Waals surface area contributed by atoms with Gasteiger partial charge in [0, 0.05) is 26.2 Å². The van der Waals surface area contributed by atoms with Gasteiger partial charge in [-0.15, -0.1) is 0 Å². The van der Waals surface area contributed by atoms with Crippen LogP contribution < -0.4 is 19.1 Å². The van der Waals surface area contributed by atoms with Gasteiger partial charge in [0.2, 0.25) is 0 Å². The third-order valence-corrected chi connectivity index (χ3v) is 4.11. The zero-order valence-electron chi connectivity index (χ0n) is 20.5. The Bertz CT molecular complexity index is 890. The summed E-state index contributed by atoms with van der Waals surface area (Å²) in [7, 11) is 4.43. The molecule has 0 heterocycles. The Morgan fingerprint density at radius 1 is 0.697 bits per heavy atom. The van der Waals surface area contributed by atoms with E-state index in [1.54, 1.807) is 62.6 Å². The molecular formula is C24H32BN2O6. The number of nitrogens with zero attached hydrogens (tertiary/aromatic N) is 2. The minimum Gasteiger partial charge on any atom is -0.526 e. The molecule has 0 aromatic heterocycles. The molecule has 0 aliphatic rings. The lowest BCUT2D eigenvalue weighted by Gasteiger charge is -2.25. The number of anilines is 2. The molecule has 2 aromatic carbocycles. The number of ether oxygens (including phenoxy) is 2. The van der Waals surface area contributed by atoms with Gasteiger partial charge in [-0.05, 0) is 65.8 Å². The van der Waals surface area contributed by atoms with Crippen LogP contribution in [-0.2, 0) is 9.47 Å². The highest BCUT2D eigenvalue weighted by atomic mass is 16.6. The average Bonchev–Trinajstić information content (AvgIpc) is 2.70. The molecule has 0 fully saturated rings. The van der Waals surface area contributed by atoms with Crippen molar-refractivity contribution in [3.05, 3.63) is 48.5 Å². The highest BCUT2D eigenvalue weighted by Crippen LogP contribution is 2.24. The normalized spacial score (nSPS) is 11.3. The lowest BCUT2D eigenvalue weighted by molar-refractivity contribution is 0.0578. The van der Waals surface area contributed by atoms with E-state index >= 15 is 0 Å². The Morgan fingerprint density at radius 2 is 1.06 bits per heavy atom. The number of benzene rings is 2. The summed E-state index contributed by atoms with van der Waals surface area (Å²) >= 11 is 0. The standard InChI is InChI=1S/C24H32BN2O6/c1-23(2,3)30-21(28)26(7)17-11-9-13-19(15-17)32-25-33-20-14-10-12-18(16-20)27(8)22(29)31-24(4,5)6/h9-16H,1-8H3. The summed E-state index contributed by atoms with van der Waals surface area (Å²) in [6, 6.07) is 13.9. The second-order valence-electron chi connectivity index (χ2n) is 9.41. The van der Waals surface area contributed by atoms with Crippen LogP contribution in [0, 0.1) is 0 Å². The molecule has 2 rings (SSSR count). The Balaban J connectivity index is 1.97. The number of hydrogen-bond donors (Lipinski definition) is 0. The Kier molecular flexibility index (Phi) is 8.25. The van der Waals surface area contributed by atoms with Gasteiger partial charge in [-0.3, -0.25) is 9.80 Å². The smallest absolute Gasteiger partial charge is 0.526 e. The minimum atomic E-state index is -0.590. The van der Waals surface area contributed by atoms with Gasteiger partial charge in [0.25, 0.3) is 0 Å². The summed E-state index contributed by atoms with van der Waals surface area (Å²) in [6.07, 6.45) is -0.934. The van der Waals surface area contributed by atoms with Crippen LogP contribution in [0.15, 0.2) is 48.5 Å². The van der Waals surface area contributed by atoms with Gasteiger partial charge < -0.3 is 18.8 Å². The van der Waals surface area contributed by atoms with Crippen molar-refractivity contribution >= 4 is 31.2 Å². The van der Waals surface area contributed by atoms with E-state index in [1.807, 2.05) is 41.5 Å². The van der Waals surface area contributed by atoms with E-state index < -0.39 is 23.4 Å². The van der Waals surface area contributed by atoms with Crippen molar-refractivity contribution in [2.45, 2.75) is 52.7 Å². The molecule has 0 unspecified atom stereocenters. The molecule has 0 saturated heterocycles. The van der Waals surface area contributed by atoms with Crippen molar-refractivity contribution in [2.24, 2.45) is 0 Å². The van der Waals surface area contributed by atoms with E-state index in [0.717, 1.165) is 0 Å². The van der Waals surface area contributed by atoms with Gasteiger partial charge >= 0.3 is 19.9 Å². The van der Waals surface area contributed by atoms with E-state index in [9.17, 15) is 9.59 Å². The Labute approximate surface area is 196 Å². The summed E-state index contributed by atoms with van der Waals surface area (Å²) < 4.78 is 21.9. The van der Waals surface area contributed by atoms with E-state index in [0.29, 0.717) is 22.9 Å². The Hall–Kier alpha value is -3.36. The summed E-state index contributed by atoms with van der Waals surface area (Å²) in [5.74, 6) is 0.954. The Morgan fingerprint density at radius 3 is 1.39 bits per heavy atom. The SMILES string of the molecule is CN(C(=O)OC(C)(C)C)c1cccc(O[B]Oc2cccc(N(C)C(=O)OC(C)(C)C)c2)c1. The molecule has 0 bridgehead atoms. The summed E-state index contributed by atoms with van der Waals surface area (Å²) in [6.45, 7) is 10.9.